The van der Waals surface area contributed by atoms with E-state index < -0.39 is 0 Å². The molecule has 0 saturated carbocycles. The Labute approximate surface area is 132 Å². The van der Waals surface area contributed by atoms with E-state index in [9.17, 15) is 0 Å². The van der Waals surface area contributed by atoms with Crippen LogP contribution in [0, 0.1) is 17.4 Å². The molecule has 2 aromatic rings. The van der Waals surface area contributed by atoms with Gasteiger partial charge in [-0.25, -0.2) is 9.97 Å². The molecule has 0 aliphatic rings. The summed E-state index contributed by atoms with van der Waals surface area (Å²) in [7, 11) is 1.91. The lowest BCUT2D eigenvalue weighted by atomic mass is 10.2. The number of halogens is 1. The highest BCUT2D eigenvalue weighted by atomic mass is 127. The van der Waals surface area contributed by atoms with Crippen molar-refractivity contribution >= 4 is 39.7 Å². The second kappa shape index (κ2) is 6.17. The molecule has 5 heteroatoms. The maximum Gasteiger partial charge on any atom is 0.162 e. The molecule has 1 N–H and O–H groups in total. The van der Waals surface area contributed by atoms with Crippen molar-refractivity contribution in [3.63, 3.8) is 0 Å². The first-order chi connectivity index (χ1) is 9.06. The predicted molar refractivity (Wildman–Crippen MR) is 91.1 cm³/mol. The Kier molecular flexibility index (Phi) is 4.78. The molecule has 19 heavy (non-hydrogen) atoms. The van der Waals surface area contributed by atoms with Crippen LogP contribution in [0.3, 0.4) is 0 Å². The van der Waals surface area contributed by atoms with Crippen molar-refractivity contribution in [1.29, 1.82) is 0 Å². The Hall–Kier alpha value is -0.690. The molecule has 0 aromatic carbocycles. The van der Waals surface area contributed by atoms with Crippen LogP contribution in [0.2, 0.25) is 0 Å². The van der Waals surface area contributed by atoms with Gasteiger partial charge in [-0.15, -0.1) is 11.3 Å². The monoisotopic (exact) mass is 387 g/mol. The maximum absolute atomic E-state index is 4.76. The molecule has 0 aliphatic carbocycles. The molecular weight excluding hydrogens is 369 g/mol. The van der Waals surface area contributed by atoms with Crippen LogP contribution >= 0.6 is 33.9 Å². The number of hydrogen-bond acceptors (Lipinski definition) is 4. The fourth-order valence-electron chi connectivity index (χ4n) is 2.03. The van der Waals surface area contributed by atoms with Crippen LogP contribution in [0.5, 0.6) is 0 Å². The highest BCUT2D eigenvalue weighted by Gasteiger charge is 2.14. The number of aryl methyl sites for hydroxylation is 3. The fourth-order valence-corrected chi connectivity index (χ4v) is 3.74. The van der Waals surface area contributed by atoms with E-state index in [1.165, 1.54) is 9.75 Å². The minimum absolute atomic E-state index is 0.843. The topological polar surface area (TPSA) is 37.8 Å². The first-order valence-corrected chi connectivity index (χ1v) is 8.27. The summed E-state index contributed by atoms with van der Waals surface area (Å²) in [4.78, 5) is 12.0. The van der Waals surface area contributed by atoms with Gasteiger partial charge in [0.2, 0.25) is 0 Å². The highest BCUT2D eigenvalue weighted by Crippen LogP contribution is 2.31. The van der Waals surface area contributed by atoms with Crippen LogP contribution in [-0.2, 0) is 6.42 Å². The number of aromatic nitrogens is 2. The minimum Gasteiger partial charge on any atom is -0.372 e. The Morgan fingerprint density at radius 3 is 2.58 bits per heavy atom. The Morgan fingerprint density at radius 2 is 2.05 bits per heavy atom. The number of nitrogens with zero attached hydrogens (tertiary/aromatic N) is 2. The quantitative estimate of drug-likeness (QED) is 0.790. The Bertz CT molecular complexity index is 593. The molecule has 0 fully saturated rings. The predicted octanol–water partition coefficient (Wildman–Crippen LogP) is 4.42. The third-order valence-electron chi connectivity index (χ3n) is 2.93. The van der Waals surface area contributed by atoms with Crippen molar-refractivity contribution in [3.8, 4) is 11.4 Å². The van der Waals surface area contributed by atoms with Gasteiger partial charge in [0.1, 0.15) is 5.82 Å². The van der Waals surface area contributed by atoms with Crippen LogP contribution < -0.4 is 5.32 Å². The first-order valence-electron chi connectivity index (χ1n) is 6.38. The third-order valence-corrected chi connectivity index (χ3v) is 5.02. The average Bonchev–Trinajstić information content (AvgIpc) is 2.71. The normalized spacial score (nSPS) is 10.8. The van der Waals surface area contributed by atoms with E-state index in [1.54, 1.807) is 11.3 Å². The van der Waals surface area contributed by atoms with E-state index in [4.69, 9.17) is 4.98 Å². The zero-order valence-corrected chi connectivity index (χ0v) is 14.6. The van der Waals surface area contributed by atoms with Crippen molar-refractivity contribution in [2.24, 2.45) is 0 Å². The van der Waals surface area contributed by atoms with Crippen LogP contribution in [0.25, 0.3) is 11.4 Å². The van der Waals surface area contributed by atoms with Crippen molar-refractivity contribution in [1.82, 2.24) is 9.97 Å². The largest absolute Gasteiger partial charge is 0.372 e. The van der Waals surface area contributed by atoms with Crippen LogP contribution in [0.4, 0.5) is 5.82 Å². The Balaban J connectivity index is 2.57. The molecule has 0 unspecified atom stereocenters. The zero-order chi connectivity index (χ0) is 14.0. The second-order valence-corrected chi connectivity index (χ2v) is 7.02. The molecule has 0 radical (unpaired) electrons. The summed E-state index contributed by atoms with van der Waals surface area (Å²) in [5.74, 6) is 1.77. The third kappa shape index (κ3) is 3.08. The summed E-state index contributed by atoms with van der Waals surface area (Å²) in [6.07, 6.45) is 2.09. The van der Waals surface area contributed by atoms with Gasteiger partial charge in [0.15, 0.2) is 5.82 Å². The van der Waals surface area contributed by atoms with Gasteiger partial charge in [-0.2, -0.15) is 0 Å². The van der Waals surface area contributed by atoms with Crippen molar-refractivity contribution in [2.75, 3.05) is 12.4 Å². The van der Waals surface area contributed by atoms with Crippen LogP contribution in [0.1, 0.15) is 28.8 Å². The van der Waals surface area contributed by atoms with Gasteiger partial charge >= 0.3 is 0 Å². The van der Waals surface area contributed by atoms with Crippen molar-refractivity contribution < 1.29 is 0 Å². The van der Waals surface area contributed by atoms with Gasteiger partial charge in [0.05, 0.1) is 9.26 Å². The summed E-state index contributed by atoms with van der Waals surface area (Å²) in [6, 6.07) is 2.18. The summed E-state index contributed by atoms with van der Waals surface area (Å²) in [5, 5.41) is 3.18. The average molecular weight is 387 g/mol. The lowest BCUT2D eigenvalue weighted by molar-refractivity contribution is 0.868. The Morgan fingerprint density at radius 1 is 1.32 bits per heavy atom. The van der Waals surface area contributed by atoms with E-state index in [2.05, 4.69) is 59.7 Å². The lowest BCUT2D eigenvalue weighted by Crippen LogP contribution is -2.05. The van der Waals surface area contributed by atoms with Gasteiger partial charge in [-0.05, 0) is 48.9 Å². The van der Waals surface area contributed by atoms with E-state index >= 15 is 0 Å². The van der Waals surface area contributed by atoms with Crippen LogP contribution in [0.15, 0.2) is 6.07 Å². The smallest absolute Gasteiger partial charge is 0.162 e. The first kappa shape index (κ1) is 14.7. The molecule has 0 atom stereocenters. The number of rotatable bonds is 4. The van der Waals surface area contributed by atoms with Gasteiger partial charge in [0, 0.05) is 22.4 Å². The summed E-state index contributed by atoms with van der Waals surface area (Å²) >= 11 is 4.13. The molecular formula is C14H18IN3S. The van der Waals surface area contributed by atoms with Gasteiger partial charge in [0.25, 0.3) is 0 Å². The van der Waals surface area contributed by atoms with Crippen molar-refractivity contribution in [3.05, 3.63) is 25.1 Å². The van der Waals surface area contributed by atoms with Gasteiger partial charge < -0.3 is 5.32 Å². The molecule has 0 aliphatic heterocycles. The molecule has 2 aromatic heterocycles. The standard InChI is InChI=1S/C14H18IN3S/c1-5-6-11-12(15)14(16-4)18-13(17-11)10-7-8(2)19-9(10)3/h7H,5-6H2,1-4H3,(H,16,17,18). The minimum atomic E-state index is 0.843. The summed E-state index contributed by atoms with van der Waals surface area (Å²) in [5.41, 5.74) is 2.30. The lowest BCUT2D eigenvalue weighted by Gasteiger charge is -2.10. The number of hydrogen-bond donors (Lipinski definition) is 1. The van der Waals surface area contributed by atoms with E-state index in [0.29, 0.717) is 0 Å². The maximum atomic E-state index is 4.76. The van der Waals surface area contributed by atoms with Gasteiger partial charge in [-0.1, -0.05) is 13.3 Å². The van der Waals surface area contributed by atoms with Crippen LogP contribution in [-0.4, -0.2) is 17.0 Å². The highest BCUT2D eigenvalue weighted by molar-refractivity contribution is 14.1. The molecule has 0 amide bonds. The molecule has 0 bridgehead atoms. The van der Waals surface area contributed by atoms with E-state index in [1.807, 2.05) is 7.05 Å². The number of anilines is 1. The fraction of sp³-hybridized carbons (Fsp3) is 0.429. The molecule has 0 saturated heterocycles. The summed E-state index contributed by atoms with van der Waals surface area (Å²) in [6.45, 7) is 6.43. The molecule has 3 nitrogen and oxygen atoms in total. The number of thiophene rings is 1. The molecule has 0 spiro atoms. The number of nitrogens with one attached hydrogen (secondary N) is 1. The SMILES string of the molecule is CCCc1nc(-c2cc(C)sc2C)nc(NC)c1I. The second-order valence-electron chi connectivity index (χ2n) is 4.48. The van der Waals surface area contributed by atoms with Gasteiger partial charge in [-0.3, -0.25) is 0 Å². The zero-order valence-electron chi connectivity index (χ0n) is 11.7. The molecule has 2 heterocycles. The molecule has 2 rings (SSSR count). The van der Waals surface area contributed by atoms with E-state index in [0.717, 1.165) is 39.3 Å². The van der Waals surface area contributed by atoms with Crippen molar-refractivity contribution in [2.45, 2.75) is 33.6 Å². The summed E-state index contributed by atoms with van der Waals surface area (Å²) < 4.78 is 1.13. The van der Waals surface area contributed by atoms with E-state index in [-0.39, 0.29) is 0 Å². The molecule has 102 valence electrons.